The molecule has 2 N–H and O–H groups in total. The zero-order chi connectivity index (χ0) is 18.9. The Morgan fingerprint density at radius 2 is 1.77 bits per heavy atom. The number of ether oxygens (including phenoxy) is 1. The van der Waals surface area contributed by atoms with Gasteiger partial charge in [-0.2, -0.15) is 0 Å². The maximum Gasteiger partial charge on any atom is 0.238 e. The Bertz CT molecular complexity index is 593. The number of hydrogen-bond acceptors (Lipinski definition) is 5. The van der Waals surface area contributed by atoms with E-state index in [0.717, 1.165) is 16.8 Å². The van der Waals surface area contributed by atoms with Crippen LogP contribution in [0.4, 0.5) is 5.69 Å². The maximum atomic E-state index is 12.3. The summed E-state index contributed by atoms with van der Waals surface area (Å²) in [6.07, 6.45) is 0. The summed E-state index contributed by atoms with van der Waals surface area (Å²) in [5.41, 5.74) is 3.03. The van der Waals surface area contributed by atoms with Gasteiger partial charge in [0.05, 0.1) is 19.7 Å². The normalized spacial score (nSPS) is 15.1. The molecule has 0 aliphatic carbocycles. The summed E-state index contributed by atoms with van der Waals surface area (Å²) < 4.78 is 4.95. The van der Waals surface area contributed by atoms with E-state index in [4.69, 9.17) is 4.74 Å². The Morgan fingerprint density at radius 3 is 2.38 bits per heavy atom. The third-order valence-electron chi connectivity index (χ3n) is 4.60. The standard InChI is InChI=1S/C19H30N4O3/c1-15-5-4-6-16(2)19(15)21-17(24)14-22-8-10-23(11-9-22)18(25)13-20-7-12-26-3/h4-6,20H,7-14H2,1-3H3,(H,21,24). The number of nitrogens with zero attached hydrogens (tertiary/aromatic N) is 2. The van der Waals surface area contributed by atoms with Crippen LogP contribution >= 0.6 is 0 Å². The first kappa shape index (κ1) is 20.4. The van der Waals surface area contributed by atoms with Crippen LogP contribution in [0.15, 0.2) is 18.2 Å². The zero-order valence-electron chi connectivity index (χ0n) is 16.0. The minimum Gasteiger partial charge on any atom is -0.383 e. The summed E-state index contributed by atoms with van der Waals surface area (Å²) >= 11 is 0. The highest BCUT2D eigenvalue weighted by molar-refractivity contribution is 5.93. The Balaban J connectivity index is 1.73. The van der Waals surface area contributed by atoms with Crippen LogP contribution in [-0.4, -0.2) is 81.1 Å². The molecule has 0 saturated carbocycles. The fourth-order valence-electron chi connectivity index (χ4n) is 3.03. The van der Waals surface area contributed by atoms with Gasteiger partial charge in [0, 0.05) is 45.5 Å². The second-order valence-corrected chi connectivity index (χ2v) is 6.64. The average molecular weight is 362 g/mol. The van der Waals surface area contributed by atoms with E-state index in [-0.39, 0.29) is 11.8 Å². The number of nitrogens with one attached hydrogen (secondary N) is 2. The van der Waals surface area contributed by atoms with Gasteiger partial charge in [-0.05, 0) is 25.0 Å². The molecule has 0 aromatic heterocycles. The molecule has 1 aromatic rings. The molecule has 1 aromatic carbocycles. The molecule has 144 valence electrons. The number of methoxy groups -OCH3 is 1. The third-order valence-corrected chi connectivity index (χ3v) is 4.60. The summed E-state index contributed by atoms with van der Waals surface area (Å²) in [7, 11) is 1.64. The van der Waals surface area contributed by atoms with E-state index in [1.54, 1.807) is 7.11 Å². The first-order chi connectivity index (χ1) is 12.5. The molecule has 0 bridgehead atoms. The van der Waals surface area contributed by atoms with Crippen molar-refractivity contribution in [2.45, 2.75) is 13.8 Å². The molecule has 7 nitrogen and oxygen atoms in total. The summed E-state index contributed by atoms with van der Waals surface area (Å²) in [6.45, 7) is 8.66. The minimum absolute atomic E-state index is 0.0107. The number of para-hydroxylation sites is 1. The van der Waals surface area contributed by atoms with Gasteiger partial charge in [-0.3, -0.25) is 14.5 Å². The number of benzene rings is 1. The highest BCUT2D eigenvalue weighted by Gasteiger charge is 2.22. The fraction of sp³-hybridized carbons (Fsp3) is 0.579. The van der Waals surface area contributed by atoms with E-state index in [2.05, 4.69) is 15.5 Å². The number of hydrogen-bond donors (Lipinski definition) is 2. The molecule has 1 saturated heterocycles. The molecule has 1 heterocycles. The van der Waals surface area contributed by atoms with Gasteiger partial charge < -0.3 is 20.3 Å². The average Bonchev–Trinajstić information content (AvgIpc) is 2.62. The summed E-state index contributed by atoms with van der Waals surface area (Å²) in [5.74, 6) is 0.0872. The topological polar surface area (TPSA) is 73.9 Å². The Hall–Kier alpha value is -1.96. The number of aryl methyl sites for hydroxylation is 2. The molecule has 1 fully saturated rings. The Kier molecular flexibility index (Phi) is 8.03. The van der Waals surface area contributed by atoms with Crippen molar-refractivity contribution in [1.82, 2.24) is 15.1 Å². The van der Waals surface area contributed by atoms with Crippen molar-refractivity contribution in [3.05, 3.63) is 29.3 Å². The molecule has 7 heteroatoms. The van der Waals surface area contributed by atoms with Gasteiger partial charge in [0.2, 0.25) is 11.8 Å². The molecule has 0 radical (unpaired) electrons. The van der Waals surface area contributed by atoms with Crippen LogP contribution in [0.3, 0.4) is 0 Å². The quantitative estimate of drug-likeness (QED) is 0.664. The van der Waals surface area contributed by atoms with Crippen LogP contribution < -0.4 is 10.6 Å². The van der Waals surface area contributed by atoms with Crippen molar-refractivity contribution in [2.75, 3.05) is 64.8 Å². The highest BCUT2D eigenvalue weighted by Crippen LogP contribution is 2.19. The number of amides is 2. The second kappa shape index (κ2) is 10.3. The molecule has 2 amide bonds. The van der Waals surface area contributed by atoms with Gasteiger partial charge in [0.15, 0.2) is 0 Å². The molecular formula is C19H30N4O3. The van der Waals surface area contributed by atoms with Gasteiger partial charge in [-0.15, -0.1) is 0 Å². The zero-order valence-corrected chi connectivity index (χ0v) is 16.0. The minimum atomic E-state index is -0.0107. The smallest absolute Gasteiger partial charge is 0.238 e. The number of rotatable bonds is 8. The van der Waals surface area contributed by atoms with Gasteiger partial charge in [-0.1, -0.05) is 18.2 Å². The van der Waals surface area contributed by atoms with E-state index in [9.17, 15) is 9.59 Å². The molecule has 2 rings (SSSR count). The van der Waals surface area contributed by atoms with Crippen LogP contribution in [0.2, 0.25) is 0 Å². The predicted molar refractivity (Wildman–Crippen MR) is 102 cm³/mol. The van der Waals surface area contributed by atoms with E-state index in [0.29, 0.717) is 52.4 Å². The predicted octanol–water partition coefficient (Wildman–Crippen LogP) is 0.622. The number of piperazine rings is 1. The molecule has 0 spiro atoms. The summed E-state index contributed by atoms with van der Waals surface area (Å²) in [6, 6.07) is 5.97. The largest absolute Gasteiger partial charge is 0.383 e. The number of carbonyl (C=O) groups excluding carboxylic acids is 2. The van der Waals surface area contributed by atoms with E-state index < -0.39 is 0 Å². The van der Waals surface area contributed by atoms with Crippen molar-refractivity contribution in [1.29, 1.82) is 0 Å². The summed E-state index contributed by atoms with van der Waals surface area (Å²) in [4.78, 5) is 28.4. The van der Waals surface area contributed by atoms with Crippen molar-refractivity contribution in [2.24, 2.45) is 0 Å². The number of anilines is 1. The van der Waals surface area contributed by atoms with E-state index in [1.165, 1.54) is 0 Å². The van der Waals surface area contributed by atoms with Crippen molar-refractivity contribution in [3.8, 4) is 0 Å². The van der Waals surface area contributed by atoms with E-state index in [1.807, 2.05) is 36.9 Å². The van der Waals surface area contributed by atoms with Gasteiger partial charge in [-0.25, -0.2) is 0 Å². The Labute approximate surface area is 155 Å². The fourth-order valence-corrected chi connectivity index (χ4v) is 3.03. The lowest BCUT2D eigenvalue weighted by Gasteiger charge is -2.34. The third kappa shape index (κ3) is 6.09. The van der Waals surface area contributed by atoms with Crippen molar-refractivity contribution >= 4 is 17.5 Å². The van der Waals surface area contributed by atoms with Crippen LogP contribution in [0, 0.1) is 13.8 Å². The summed E-state index contributed by atoms with van der Waals surface area (Å²) in [5, 5.41) is 6.09. The van der Waals surface area contributed by atoms with Crippen LogP contribution in [0.25, 0.3) is 0 Å². The first-order valence-corrected chi connectivity index (χ1v) is 9.07. The van der Waals surface area contributed by atoms with Crippen LogP contribution in [-0.2, 0) is 14.3 Å². The molecule has 1 aliphatic rings. The molecule has 1 aliphatic heterocycles. The van der Waals surface area contributed by atoms with Gasteiger partial charge in [0.25, 0.3) is 0 Å². The lowest BCUT2D eigenvalue weighted by atomic mass is 10.1. The van der Waals surface area contributed by atoms with Crippen molar-refractivity contribution in [3.63, 3.8) is 0 Å². The highest BCUT2D eigenvalue weighted by atomic mass is 16.5. The monoisotopic (exact) mass is 362 g/mol. The van der Waals surface area contributed by atoms with Gasteiger partial charge in [0.1, 0.15) is 0 Å². The first-order valence-electron chi connectivity index (χ1n) is 9.07. The van der Waals surface area contributed by atoms with Crippen LogP contribution in [0.1, 0.15) is 11.1 Å². The molecule has 0 unspecified atom stereocenters. The van der Waals surface area contributed by atoms with Crippen molar-refractivity contribution < 1.29 is 14.3 Å². The number of carbonyl (C=O) groups is 2. The van der Waals surface area contributed by atoms with Crippen LogP contribution in [0.5, 0.6) is 0 Å². The van der Waals surface area contributed by atoms with E-state index >= 15 is 0 Å². The van der Waals surface area contributed by atoms with Gasteiger partial charge >= 0.3 is 0 Å². The lowest BCUT2D eigenvalue weighted by molar-refractivity contribution is -0.132. The SMILES string of the molecule is COCCNCC(=O)N1CCN(CC(=O)Nc2c(C)cccc2C)CC1. The molecule has 26 heavy (non-hydrogen) atoms. The molecule has 0 atom stereocenters. The maximum absolute atomic E-state index is 12.3. The second-order valence-electron chi connectivity index (χ2n) is 6.64. The Morgan fingerprint density at radius 1 is 1.12 bits per heavy atom. The molecular weight excluding hydrogens is 332 g/mol. The lowest BCUT2D eigenvalue weighted by Crippen LogP contribution is -2.52.